The van der Waals surface area contributed by atoms with E-state index in [1.807, 2.05) is 0 Å². The number of hydrogen-bond acceptors (Lipinski definition) is 2. The zero-order valence-corrected chi connectivity index (χ0v) is 9.02. The van der Waals surface area contributed by atoms with E-state index in [1.54, 1.807) is 0 Å². The Bertz CT molecular complexity index is 279. The highest BCUT2D eigenvalue weighted by molar-refractivity contribution is 8.11. The summed E-state index contributed by atoms with van der Waals surface area (Å²) >= 11 is 0. The minimum absolute atomic E-state index is 0.557. The predicted octanol–water partition coefficient (Wildman–Crippen LogP) is 1.59. The van der Waals surface area contributed by atoms with E-state index in [4.69, 9.17) is 10.7 Å². The number of halogens is 1. The van der Waals surface area contributed by atoms with Crippen LogP contribution in [0.15, 0.2) is 0 Å². The Balaban J connectivity index is 2.10. The van der Waals surface area contributed by atoms with Gasteiger partial charge < -0.3 is 0 Å². The maximum Gasteiger partial charge on any atom is 0.299 e. The molecule has 2 aliphatic rings. The van der Waals surface area contributed by atoms with E-state index in [9.17, 15) is 8.42 Å². The van der Waals surface area contributed by atoms with Crippen LogP contribution in [0.2, 0.25) is 0 Å². The molecule has 2 atom stereocenters. The standard InChI is InChI=1S/C8H14ClNO2S/c9-13(11,12)10-5-7-2-1-3-8(4-7)6-10/h7-8H,1-6H2. The molecule has 2 bridgehead atoms. The molecule has 1 aliphatic heterocycles. The molecule has 1 saturated carbocycles. The van der Waals surface area contributed by atoms with Crippen LogP contribution in [0.4, 0.5) is 0 Å². The smallest absolute Gasteiger partial charge is 0.195 e. The van der Waals surface area contributed by atoms with Gasteiger partial charge in [-0.1, -0.05) is 6.42 Å². The van der Waals surface area contributed by atoms with Crippen molar-refractivity contribution in [2.24, 2.45) is 11.8 Å². The summed E-state index contributed by atoms with van der Waals surface area (Å²) in [6, 6.07) is 0. The van der Waals surface area contributed by atoms with Crippen molar-refractivity contribution < 1.29 is 8.42 Å². The first-order valence-electron chi connectivity index (χ1n) is 4.75. The summed E-state index contributed by atoms with van der Waals surface area (Å²) in [5.74, 6) is 1.11. The third-order valence-corrected chi connectivity index (χ3v) is 4.62. The van der Waals surface area contributed by atoms with Crippen LogP contribution in [0, 0.1) is 11.8 Å². The summed E-state index contributed by atoms with van der Waals surface area (Å²) in [6.07, 6.45) is 4.78. The van der Waals surface area contributed by atoms with Gasteiger partial charge in [-0.2, -0.15) is 12.7 Å². The number of piperidine rings is 1. The molecule has 2 rings (SSSR count). The molecule has 76 valence electrons. The van der Waals surface area contributed by atoms with Gasteiger partial charge in [0, 0.05) is 23.8 Å². The van der Waals surface area contributed by atoms with Crippen LogP contribution in [0.5, 0.6) is 0 Å². The van der Waals surface area contributed by atoms with Crippen LogP contribution in [-0.4, -0.2) is 25.8 Å². The second-order valence-corrected chi connectivity index (χ2v) is 6.67. The molecule has 0 amide bonds. The Labute approximate surface area is 83.6 Å². The second kappa shape index (κ2) is 3.41. The van der Waals surface area contributed by atoms with E-state index in [0.717, 1.165) is 0 Å². The first-order chi connectivity index (χ1) is 6.05. The Kier molecular flexibility index (Phi) is 2.55. The van der Waals surface area contributed by atoms with Crippen molar-refractivity contribution in [2.75, 3.05) is 13.1 Å². The van der Waals surface area contributed by atoms with Gasteiger partial charge in [0.15, 0.2) is 0 Å². The Morgan fingerprint density at radius 2 is 1.69 bits per heavy atom. The SMILES string of the molecule is O=S(=O)(Cl)N1CC2CCCC(C2)C1. The van der Waals surface area contributed by atoms with Crippen LogP contribution < -0.4 is 0 Å². The number of rotatable bonds is 1. The topological polar surface area (TPSA) is 37.4 Å². The van der Waals surface area contributed by atoms with Crippen molar-refractivity contribution in [3.63, 3.8) is 0 Å². The summed E-state index contributed by atoms with van der Waals surface area (Å²) in [5.41, 5.74) is 0. The van der Waals surface area contributed by atoms with Gasteiger partial charge in [0.1, 0.15) is 0 Å². The minimum Gasteiger partial charge on any atom is -0.195 e. The molecule has 0 aromatic carbocycles. The average Bonchev–Trinajstić information content (AvgIpc) is 2.01. The van der Waals surface area contributed by atoms with Crippen molar-refractivity contribution in [2.45, 2.75) is 25.7 Å². The fourth-order valence-electron chi connectivity index (χ4n) is 2.56. The summed E-state index contributed by atoms with van der Waals surface area (Å²) < 4.78 is 23.7. The zero-order valence-electron chi connectivity index (χ0n) is 7.45. The number of nitrogens with zero attached hydrogens (tertiary/aromatic N) is 1. The molecule has 0 aromatic heterocycles. The van der Waals surface area contributed by atoms with E-state index in [0.29, 0.717) is 24.9 Å². The fraction of sp³-hybridized carbons (Fsp3) is 1.00. The fourth-order valence-corrected chi connectivity index (χ4v) is 3.68. The van der Waals surface area contributed by atoms with E-state index in [-0.39, 0.29) is 0 Å². The van der Waals surface area contributed by atoms with E-state index >= 15 is 0 Å². The monoisotopic (exact) mass is 223 g/mol. The van der Waals surface area contributed by atoms with Gasteiger partial charge in [0.2, 0.25) is 0 Å². The van der Waals surface area contributed by atoms with Crippen LogP contribution in [0.1, 0.15) is 25.7 Å². The van der Waals surface area contributed by atoms with Crippen molar-refractivity contribution >= 4 is 19.9 Å². The summed E-state index contributed by atoms with van der Waals surface area (Å²) in [5, 5.41) is 0. The molecule has 3 nitrogen and oxygen atoms in total. The molecule has 1 aliphatic carbocycles. The molecule has 2 fully saturated rings. The van der Waals surface area contributed by atoms with Gasteiger partial charge >= 0.3 is 0 Å². The normalized spacial score (nSPS) is 36.1. The van der Waals surface area contributed by atoms with E-state index in [2.05, 4.69) is 0 Å². The Hall–Kier alpha value is 0.200. The highest BCUT2D eigenvalue weighted by Crippen LogP contribution is 2.35. The quantitative estimate of drug-likeness (QED) is 0.634. The highest BCUT2D eigenvalue weighted by atomic mass is 35.7. The average molecular weight is 224 g/mol. The molecule has 0 spiro atoms. The highest BCUT2D eigenvalue weighted by Gasteiger charge is 2.34. The molecular formula is C8H14ClNO2S. The van der Waals surface area contributed by atoms with Gasteiger partial charge in [0.05, 0.1) is 0 Å². The predicted molar refractivity (Wildman–Crippen MR) is 51.8 cm³/mol. The lowest BCUT2D eigenvalue weighted by atomic mass is 9.79. The van der Waals surface area contributed by atoms with Crippen LogP contribution in [-0.2, 0) is 9.24 Å². The van der Waals surface area contributed by atoms with Gasteiger partial charge in [-0.15, -0.1) is 0 Å². The Morgan fingerprint density at radius 1 is 1.15 bits per heavy atom. The molecular weight excluding hydrogens is 210 g/mol. The first kappa shape index (κ1) is 9.74. The maximum atomic E-state index is 11.1. The summed E-state index contributed by atoms with van der Waals surface area (Å²) in [4.78, 5) is 0. The third-order valence-electron chi connectivity index (χ3n) is 3.12. The summed E-state index contributed by atoms with van der Waals surface area (Å²) in [7, 11) is 1.86. The number of hydrogen-bond donors (Lipinski definition) is 0. The molecule has 2 unspecified atom stereocenters. The van der Waals surface area contributed by atoms with Gasteiger partial charge in [-0.25, -0.2) is 0 Å². The van der Waals surface area contributed by atoms with Crippen LogP contribution in [0.3, 0.4) is 0 Å². The second-order valence-electron chi connectivity index (χ2n) is 4.16. The zero-order chi connectivity index (χ0) is 9.47. The maximum absolute atomic E-state index is 11.1. The first-order valence-corrected chi connectivity index (χ1v) is 7.02. The minimum atomic E-state index is -3.46. The summed E-state index contributed by atoms with van der Waals surface area (Å²) in [6.45, 7) is 1.28. The van der Waals surface area contributed by atoms with E-state index in [1.165, 1.54) is 30.0 Å². The third kappa shape index (κ3) is 2.17. The van der Waals surface area contributed by atoms with Gasteiger partial charge in [0.25, 0.3) is 9.24 Å². The lowest BCUT2D eigenvalue weighted by molar-refractivity contribution is 0.146. The molecule has 13 heavy (non-hydrogen) atoms. The Morgan fingerprint density at radius 3 is 2.15 bits per heavy atom. The largest absolute Gasteiger partial charge is 0.299 e. The molecule has 1 saturated heterocycles. The molecule has 0 N–H and O–H groups in total. The van der Waals surface area contributed by atoms with Gasteiger partial charge in [-0.3, -0.25) is 0 Å². The van der Waals surface area contributed by atoms with E-state index < -0.39 is 9.24 Å². The lowest BCUT2D eigenvalue weighted by Gasteiger charge is -2.39. The van der Waals surface area contributed by atoms with Crippen molar-refractivity contribution in [1.29, 1.82) is 0 Å². The van der Waals surface area contributed by atoms with Crippen molar-refractivity contribution in [1.82, 2.24) is 4.31 Å². The van der Waals surface area contributed by atoms with Crippen LogP contribution >= 0.6 is 10.7 Å². The molecule has 0 aromatic rings. The molecule has 0 radical (unpaired) electrons. The van der Waals surface area contributed by atoms with Gasteiger partial charge in [-0.05, 0) is 31.1 Å². The lowest BCUT2D eigenvalue weighted by Crippen LogP contribution is -2.43. The van der Waals surface area contributed by atoms with Crippen LogP contribution in [0.25, 0.3) is 0 Å². The molecule has 5 heteroatoms. The van der Waals surface area contributed by atoms with Crippen molar-refractivity contribution in [3.05, 3.63) is 0 Å². The number of fused-ring (bicyclic) bond motifs is 2. The molecule has 1 heterocycles. The van der Waals surface area contributed by atoms with Crippen molar-refractivity contribution in [3.8, 4) is 0 Å².